The van der Waals surface area contributed by atoms with Gasteiger partial charge in [0.05, 0.1) is 13.5 Å². The molecule has 2 fully saturated rings. The smallest absolute Gasteiger partial charge is 0.305 e. The van der Waals surface area contributed by atoms with Gasteiger partial charge in [0.15, 0.2) is 0 Å². The number of benzene rings is 2. The summed E-state index contributed by atoms with van der Waals surface area (Å²) in [5, 5.41) is 9.25. The zero-order valence-corrected chi connectivity index (χ0v) is 20.9. The van der Waals surface area contributed by atoms with Gasteiger partial charge in [-0.15, -0.1) is 0 Å². The minimum Gasteiger partial charge on any atom is -0.497 e. The molecule has 6 nitrogen and oxygen atoms in total. The standard InChI is InChI=1S/C28H38N2O4/c1-19(2)26-10-9-25(33-4)17-27(26)29-13-11-24(12-14-29)34-23-7-5-21(6-8-23)30-18-20(3)15-22(30)16-28(31)32/h5-10,17,19-20,22,24H,11-16,18H2,1-4H3,(H,31,32)/t20-,22-/m1/s1. The van der Waals surface area contributed by atoms with Gasteiger partial charge in [0.1, 0.15) is 17.6 Å². The average molecular weight is 467 g/mol. The van der Waals surface area contributed by atoms with Crippen molar-refractivity contribution in [1.29, 1.82) is 0 Å². The summed E-state index contributed by atoms with van der Waals surface area (Å²) in [7, 11) is 1.72. The number of carboxylic acid groups (broad SMARTS) is 1. The number of anilines is 2. The third-order valence-electron chi connectivity index (χ3n) is 7.15. The van der Waals surface area contributed by atoms with Gasteiger partial charge in [-0.1, -0.05) is 26.8 Å². The van der Waals surface area contributed by atoms with Gasteiger partial charge in [-0.3, -0.25) is 4.79 Å². The Bertz CT molecular complexity index is 967. The lowest BCUT2D eigenvalue weighted by Gasteiger charge is -2.35. The van der Waals surface area contributed by atoms with E-state index in [1.165, 1.54) is 11.3 Å². The van der Waals surface area contributed by atoms with Crippen LogP contribution in [0.4, 0.5) is 11.4 Å². The second kappa shape index (κ2) is 10.6. The Hall–Kier alpha value is -2.89. The fourth-order valence-electron chi connectivity index (χ4n) is 5.40. The fourth-order valence-corrected chi connectivity index (χ4v) is 5.40. The first-order valence-electron chi connectivity index (χ1n) is 12.5. The molecule has 4 rings (SSSR count). The highest BCUT2D eigenvalue weighted by molar-refractivity contribution is 5.69. The minimum atomic E-state index is -0.732. The van der Waals surface area contributed by atoms with Crippen LogP contribution < -0.4 is 19.3 Å². The number of hydrogen-bond acceptors (Lipinski definition) is 5. The Kier molecular flexibility index (Phi) is 7.54. The van der Waals surface area contributed by atoms with Crippen molar-refractivity contribution in [2.75, 3.05) is 36.5 Å². The van der Waals surface area contributed by atoms with Crippen LogP contribution in [0, 0.1) is 5.92 Å². The molecule has 2 aliphatic rings. The van der Waals surface area contributed by atoms with E-state index in [2.05, 4.69) is 54.8 Å². The zero-order chi connectivity index (χ0) is 24.2. The largest absolute Gasteiger partial charge is 0.497 e. The number of hydrogen-bond donors (Lipinski definition) is 1. The Balaban J connectivity index is 1.36. The maximum absolute atomic E-state index is 11.3. The number of nitrogens with zero attached hydrogens (tertiary/aromatic N) is 2. The van der Waals surface area contributed by atoms with E-state index in [-0.39, 0.29) is 18.6 Å². The first kappa shape index (κ1) is 24.2. The van der Waals surface area contributed by atoms with Crippen LogP contribution in [-0.2, 0) is 4.79 Å². The van der Waals surface area contributed by atoms with E-state index in [0.717, 1.165) is 56.1 Å². The molecule has 2 atom stereocenters. The van der Waals surface area contributed by atoms with Gasteiger partial charge in [0, 0.05) is 56.0 Å². The summed E-state index contributed by atoms with van der Waals surface area (Å²) in [5.74, 6) is 2.02. The topological polar surface area (TPSA) is 62.2 Å². The monoisotopic (exact) mass is 466 g/mol. The number of aliphatic carboxylic acids is 1. The highest BCUT2D eigenvalue weighted by Gasteiger charge is 2.31. The molecule has 0 amide bonds. The molecule has 2 heterocycles. The lowest BCUT2D eigenvalue weighted by Crippen LogP contribution is -2.38. The molecular weight excluding hydrogens is 428 g/mol. The van der Waals surface area contributed by atoms with Crippen molar-refractivity contribution in [1.82, 2.24) is 0 Å². The molecule has 2 saturated heterocycles. The first-order chi connectivity index (χ1) is 16.3. The molecule has 2 aromatic rings. The SMILES string of the molecule is COc1ccc(C(C)C)c(N2CCC(Oc3ccc(N4C[C@H](C)C[C@@H]4CC(=O)O)cc3)CC2)c1. The molecule has 2 aromatic carbocycles. The summed E-state index contributed by atoms with van der Waals surface area (Å²) < 4.78 is 11.8. The Morgan fingerprint density at radius 2 is 1.76 bits per heavy atom. The Labute approximate surface area is 203 Å². The molecule has 1 N–H and O–H groups in total. The summed E-state index contributed by atoms with van der Waals surface area (Å²) >= 11 is 0. The van der Waals surface area contributed by atoms with Crippen molar-refractivity contribution in [2.24, 2.45) is 5.92 Å². The van der Waals surface area contributed by atoms with E-state index in [1.807, 2.05) is 18.2 Å². The van der Waals surface area contributed by atoms with Gasteiger partial charge < -0.3 is 24.4 Å². The maximum atomic E-state index is 11.3. The van der Waals surface area contributed by atoms with E-state index in [4.69, 9.17) is 9.47 Å². The van der Waals surface area contributed by atoms with Crippen molar-refractivity contribution >= 4 is 17.3 Å². The van der Waals surface area contributed by atoms with Gasteiger partial charge in [-0.2, -0.15) is 0 Å². The number of ether oxygens (including phenoxy) is 2. The van der Waals surface area contributed by atoms with Crippen molar-refractivity contribution < 1.29 is 19.4 Å². The molecule has 0 aromatic heterocycles. The quantitative estimate of drug-likeness (QED) is 0.550. The van der Waals surface area contributed by atoms with Gasteiger partial charge in [-0.05, 0) is 54.2 Å². The fraction of sp³-hybridized carbons (Fsp3) is 0.536. The predicted molar refractivity (Wildman–Crippen MR) is 137 cm³/mol. The first-order valence-corrected chi connectivity index (χ1v) is 12.5. The number of carboxylic acids is 1. The summed E-state index contributed by atoms with van der Waals surface area (Å²) in [4.78, 5) is 15.9. The van der Waals surface area contributed by atoms with Crippen LogP contribution in [0.2, 0.25) is 0 Å². The number of methoxy groups -OCH3 is 1. The predicted octanol–water partition coefficient (Wildman–Crippen LogP) is 5.56. The molecule has 184 valence electrons. The molecular formula is C28H38N2O4. The Morgan fingerprint density at radius 3 is 2.38 bits per heavy atom. The zero-order valence-electron chi connectivity index (χ0n) is 20.9. The van der Waals surface area contributed by atoms with E-state index in [1.54, 1.807) is 7.11 Å². The molecule has 2 aliphatic heterocycles. The van der Waals surface area contributed by atoms with Crippen LogP contribution >= 0.6 is 0 Å². The molecule has 0 bridgehead atoms. The maximum Gasteiger partial charge on any atom is 0.305 e. The van der Waals surface area contributed by atoms with E-state index in [0.29, 0.717) is 11.8 Å². The molecule has 34 heavy (non-hydrogen) atoms. The molecule has 0 radical (unpaired) electrons. The molecule has 0 saturated carbocycles. The van der Waals surface area contributed by atoms with Crippen LogP contribution in [-0.4, -0.2) is 50.0 Å². The summed E-state index contributed by atoms with van der Waals surface area (Å²) in [5.41, 5.74) is 3.71. The highest BCUT2D eigenvalue weighted by Crippen LogP contribution is 2.35. The summed E-state index contributed by atoms with van der Waals surface area (Å²) in [6.07, 6.45) is 3.26. The molecule has 6 heteroatoms. The van der Waals surface area contributed by atoms with Gasteiger partial charge >= 0.3 is 5.97 Å². The molecule has 0 spiro atoms. The highest BCUT2D eigenvalue weighted by atomic mass is 16.5. The van der Waals surface area contributed by atoms with E-state index in [9.17, 15) is 9.90 Å². The second-order valence-corrected chi connectivity index (χ2v) is 10.1. The molecule has 0 unspecified atom stereocenters. The van der Waals surface area contributed by atoms with Gasteiger partial charge in [-0.25, -0.2) is 0 Å². The van der Waals surface area contributed by atoms with Crippen LogP contribution in [0.1, 0.15) is 57.9 Å². The van der Waals surface area contributed by atoms with Crippen LogP contribution in [0.25, 0.3) is 0 Å². The number of carbonyl (C=O) groups is 1. The second-order valence-electron chi connectivity index (χ2n) is 10.1. The number of rotatable bonds is 8. The van der Waals surface area contributed by atoms with Crippen molar-refractivity contribution in [3.05, 3.63) is 48.0 Å². The normalized spacial score (nSPS) is 21.2. The third kappa shape index (κ3) is 5.60. The van der Waals surface area contributed by atoms with Crippen LogP contribution in [0.5, 0.6) is 11.5 Å². The van der Waals surface area contributed by atoms with Crippen molar-refractivity contribution in [3.8, 4) is 11.5 Å². The van der Waals surface area contributed by atoms with Crippen LogP contribution in [0.3, 0.4) is 0 Å². The van der Waals surface area contributed by atoms with Gasteiger partial charge in [0.2, 0.25) is 0 Å². The van der Waals surface area contributed by atoms with Gasteiger partial charge in [0.25, 0.3) is 0 Å². The van der Waals surface area contributed by atoms with Crippen LogP contribution in [0.15, 0.2) is 42.5 Å². The summed E-state index contributed by atoms with van der Waals surface area (Å²) in [6, 6.07) is 14.7. The van der Waals surface area contributed by atoms with Crippen molar-refractivity contribution in [3.63, 3.8) is 0 Å². The minimum absolute atomic E-state index is 0.0657. The number of piperidine rings is 1. The van der Waals surface area contributed by atoms with E-state index < -0.39 is 5.97 Å². The lowest BCUT2D eigenvalue weighted by atomic mass is 9.98. The molecule has 0 aliphatic carbocycles. The average Bonchev–Trinajstić information content (AvgIpc) is 3.18. The van der Waals surface area contributed by atoms with E-state index >= 15 is 0 Å². The lowest BCUT2D eigenvalue weighted by molar-refractivity contribution is -0.137. The van der Waals surface area contributed by atoms with Crippen molar-refractivity contribution in [2.45, 2.75) is 64.5 Å². The third-order valence-corrected chi connectivity index (χ3v) is 7.15. The Morgan fingerprint density at radius 1 is 1.09 bits per heavy atom. The summed E-state index contributed by atoms with van der Waals surface area (Å²) in [6.45, 7) is 9.47.